The Labute approximate surface area is 849 Å². The van der Waals surface area contributed by atoms with Crippen LogP contribution in [0.4, 0.5) is 49.6 Å². The number of carbonyl (C=O) groups excluding carboxylic acids is 6. The number of anilines is 4. The van der Waals surface area contributed by atoms with Gasteiger partial charge < -0.3 is 56.7 Å². The van der Waals surface area contributed by atoms with Crippen molar-refractivity contribution in [2.24, 2.45) is 24.9 Å². The molecule has 38 nitrogen and oxygen atoms in total. The van der Waals surface area contributed by atoms with Crippen LogP contribution in [0.15, 0.2) is 158 Å². The van der Waals surface area contributed by atoms with E-state index in [9.17, 15) is 84.5 Å². The predicted octanol–water partition coefficient (Wildman–Crippen LogP) is 10.8. The van der Waals surface area contributed by atoms with E-state index < -0.39 is 113 Å². The molecule has 16 rings (SSSR count). The smallest absolute Gasteiger partial charge is 0.355 e. The predicted molar refractivity (Wildman–Crippen MR) is 536 cm³/mol. The van der Waals surface area contributed by atoms with E-state index in [2.05, 4.69) is 96.0 Å². The van der Waals surface area contributed by atoms with Gasteiger partial charge in [0, 0.05) is 131 Å². The molecule has 0 saturated carbocycles. The number of nitrogens with zero attached hydrogens (tertiary/aromatic N) is 19. The number of Topliss-reactive ketones (excluding diaryl/α,β-unsaturated/α-hetero) is 1. The number of amides is 5. The lowest BCUT2D eigenvalue weighted by molar-refractivity contribution is -0.144. The maximum atomic E-state index is 14.6. The molecule has 6 atom stereocenters. The number of likely N-dealkylation sites (N-methyl/N-ethyl adjacent to an activating group) is 1. The molecule has 0 bridgehead atoms. The molecule has 6 aromatic carbocycles. The Kier molecular flexibility index (Phi) is 35.3. The first-order chi connectivity index (χ1) is 69.2. The zero-order chi connectivity index (χ0) is 106. The fourth-order valence-corrected chi connectivity index (χ4v) is 18.5. The van der Waals surface area contributed by atoms with E-state index in [4.69, 9.17) is 27.9 Å². The highest BCUT2D eigenvalue weighted by molar-refractivity contribution is 7.14. The molecule has 0 radical (unpaired) electrons. The van der Waals surface area contributed by atoms with Crippen molar-refractivity contribution < 1.29 is 70.1 Å². The van der Waals surface area contributed by atoms with Gasteiger partial charge in [-0.15, -0.1) is 32.9 Å². The van der Waals surface area contributed by atoms with Crippen LogP contribution in [0.3, 0.4) is 0 Å². The fraction of sp³-hybridized carbons (Fsp3) is 0.378. The number of methoxy groups -OCH3 is 1. The molecule has 14 aromatic rings. The Morgan fingerprint density at radius 3 is 1.40 bits per heavy atom. The van der Waals surface area contributed by atoms with Gasteiger partial charge in [0.2, 0.25) is 41.4 Å². The normalized spacial score (nSPS) is 15.0. The number of β-amino-alcohol motifs (C(OH)–C–C–N with tert-alkyl or cyclic N) is 2. The number of ether oxygens (including phenoxy) is 1. The Bertz CT molecular complexity index is 7410. The van der Waals surface area contributed by atoms with E-state index in [1.54, 1.807) is 96.8 Å². The molecule has 48 heteroatoms. The van der Waals surface area contributed by atoms with Gasteiger partial charge in [-0.25, -0.2) is 64.3 Å². The number of hydrogen-bond donors (Lipinski definition) is 8. The summed E-state index contributed by atoms with van der Waals surface area (Å²) in [5.41, 5.74) is 5.07. The van der Waals surface area contributed by atoms with Gasteiger partial charge in [0.05, 0.1) is 119 Å². The average molecular weight is 2090 g/mol. The van der Waals surface area contributed by atoms with Crippen LogP contribution in [0.5, 0.6) is 0 Å². The number of fused-ring (bicyclic) bond motifs is 2. The van der Waals surface area contributed by atoms with Crippen molar-refractivity contribution in [2.75, 3.05) is 44.5 Å². The number of ketones is 1. The van der Waals surface area contributed by atoms with E-state index >= 15 is 0 Å². The monoisotopic (exact) mass is 2090 g/mol. The molecule has 772 valence electrons. The van der Waals surface area contributed by atoms with Crippen LogP contribution in [-0.2, 0) is 100.0 Å². The van der Waals surface area contributed by atoms with Crippen molar-refractivity contribution >= 4 is 126 Å². The van der Waals surface area contributed by atoms with Crippen LogP contribution >= 0.6 is 45.9 Å². The molecule has 2 fully saturated rings. The fourth-order valence-electron chi connectivity index (χ4n) is 16.3. The van der Waals surface area contributed by atoms with Gasteiger partial charge in [-0.3, -0.25) is 51.9 Å². The van der Waals surface area contributed by atoms with Gasteiger partial charge >= 0.3 is 22.8 Å². The van der Waals surface area contributed by atoms with Gasteiger partial charge in [0.1, 0.15) is 46.9 Å². The molecule has 0 unspecified atom stereocenters. The number of aliphatic hydroxyl groups is 2. The van der Waals surface area contributed by atoms with Crippen molar-refractivity contribution in [1.82, 2.24) is 114 Å². The Morgan fingerprint density at radius 2 is 0.993 bits per heavy atom. The van der Waals surface area contributed by atoms with Crippen molar-refractivity contribution in [2.45, 2.75) is 184 Å². The number of likely N-dealkylation sites (tertiary alicyclic amines) is 2. The van der Waals surface area contributed by atoms with Crippen LogP contribution < -0.4 is 54.7 Å². The number of aromatic nitrogens is 17. The second kappa shape index (κ2) is 47.3. The number of hydrogen-bond acceptors (Lipinski definition) is 27. The van der Waals surface area contributed by atoms with Crippen molar-refractivity contribution in [3.05, 3.63) is 271 Å². The first-order valence-electron chi connectivity index (χ1n) is 46.1. The van der Waals surface area contributed by atoms with E-state index in [0.29, 0.717) is 72.3 Å². The summed E-state index contributed by atoms with van der Waals surface area (Å²) < 4.78 is 98.6. The van der Waals surface area contributed by atoms with Crippen LogP contribution in [0.1, 0.15) is 126 Å². The van der Waals surface area contributed by atoms with E-state index in [1.165, 1.54) is 56.0 Å². The summed E-state index contributed by atoms with van der Waals surface area (Å²) in [5, 5.41) is 65.8. The number of thiazole rings is 1. The largest absolute Gasteiger partial charge is 0.391 e. The highest BCUT2D eigenvalue weighted by atomic mass is 35.5. The number of aryl methyl sites for hydroxylation is 5. The minimum atomic E-state index is -1.40. The van der Waals surface area contributed by atoms with E-state index in [1.807, 2.05) is 103 Å². The third-order valence-electron chi connectivity index (χ3n) is 23.9. The number of thiophene rings is 1. The number of benzene rings is 6. The van der Waals surface area contributed by atoms with Crippen LogP contribution in [-0.4, -0.2) is 208 Å². The van der Waals surface area contributed by atoms with Gasteiger partial charge in [0.25, 0.3) is 0 Å². The minimum absolute atomic E-state index is 0.0549. The third kappa shape index (κ3) is 26.9. The number of halogens is 8. The first-order valence-corrected chi connectivity index (χ1v) is 48.6. The molecule has 146 heavy (non-hydrogen) atoms. The number of aliphatic hydroxyl groups excluding tert-OH is 2. The average Bonchev–Trinajstić information content (AvgIpc) is 0.913. The lowest BCUT2D eigenvalue weighted by Crippen LogP contribution is -2.57. The molecular formula is C98H109Cl2F6N25O13S2. The molecule has 0 aliphatic carbocycles. The summed E-state index contributed by atoms with van der Waals surface area (Å²) in [7, 11) is 6.72. The molecule has 2 saturated heterocycles. The summed E-state index contributed by atoms with van der Waals surface area (Å²) in [6, 6.07) is 23.9. The van der Waals surface area contributed by atoms with Crippen LogP contribution in [0, 0.1) is 59.6 Å². The summed E-state index contributed by atoms with van der Waals surface area (Å²) in [6.07, 6.45) is 5.86. The summed E-state index contributed by atoms with van der Waals surface area (Å²) in [6.45, 7) is 18.8. The van der Waals surface area contributed by atoms with Crippen LogP contribution in [0.25, 0.3) is 42.7 Å². The molecule has 2 aliphatic heterocycles. The molecule has 8 N–H and O–H groups in total. The van der Waals surface area contributed by atoms with Gasteiger partial charge in [0.15, 0.2) is 23.3 Å². The van der Waals surface area contributed by atoms with Crippen molar-refractivity contribution in [1.29, 1.82) is 0 Å². The Morgan fingerprint density at radius 1 is 0.555 bits per heavy atom. The summed E-state index contributed by atoms with van der Waals surface area (Å²) >= 11 is 16.1. The van der Waals surface area contributed by atoms with Gasteiger partial charge in [-0.2, -0.15) is 20.2 Å². The Balaban J connectivity index is 0.000000164. The lowest BCUT2D eigenvalue weighted by Gasteiger charge is -2.35. The third-order valence-corrected chi connectivity index (χ3v) is 26.6. The minimum Gasteiger partial charge on any atom is -0.391 e. The van der Waals surface area contributed by atoms with Crippen molar-refractivity contribution in [3.63, 3.8) is 0 Å². The first kappa shape index (κ1) is 109. The Hall–Kier alpha value is -14.3. The molecular weight excluding hydrogens is 1980 g/mol. The quantitative estimate of drug-likeness (QED) is 0.0148. The molecule has 2 aliphatic rings. The zero-order valence-corrected chi connectivity index (χ0v) is 85.2. The highest BCUT2D eigenvalue weighted by Gasteiger charge is 2.46. The topological polar surface area (TPSA) is 454 Å². The van der Waals surface area contributed by atoms with Gasteiger partial charge in [-0.1, -0.05) is 131 Å². The molecule has 5 amide bonds. The maximum Gasteiger partial charge on any atom is 0.355 e. The number of carbonyl (C=O) groups is 6. The summed E-state index contributed by atoms with van der Waals surface area (Å²) in [5.74, 6) is -9.57. The van der Waals surface area contributed by atoms with E-state index in [0.717, 1.165) is 51.1 Å². The molecule has 10 heterocycles. The van der Waals surface area contributed by atoms with Gasteiger partial charge in [-0.05, 0) is 114 Å². The molecule has 8 aromatic heterocycles. The zero-order valence-electron chi connectivity index (χ0n) is 82.1. The van der Waals surface area contributed by atoms with Crippen LogP contribution in [0.2, 0.25) is 10.0 Å². The number of rotatable bonds is 31. The number of nitrogens with one attached hydrogen (secondary N) is 6. The SMILES string of the molecule is CC(=O)CCn1cc(Cn2c(=O)nc(Nc3cc4cn(C)nc4cc3Cl)n(Cc3cc(F)c(F)cc3F)c2=O)nn1.CCC(=O)N[C@H](C(=O)N1C[C@H](O)C[C@H]1C(=O)NCc1ccc(-c2sccc2C)cc1)C(C)(C)C.CN[C@H](C(=O)N1C[C@H](O)C[C@H]1C(=O)NCc1ccc(-c2scnc2C)cc1)C(C)(C)C.COCCn1cc(Cn2c(=O)nc(Nc3cc4cn(C)nc4cc3Cl)n(Cc3cc(F)c(F)cc3F)c2=O)nn1. The lowest BCUT2D eigenvalue weighted by atomic mass is 9.85. The highest BCUT2D eigenvalue weighted by Crippen LogP contribution is 2.36. The standard InChI is InChI=1S/C26H35N3O4S.C25H21ClF3N9O3.C24H21ClF3N9O3.C23H32N4O3S/c1-6-21(31)28-23(26(3,4)5)25(33)29-15-19(30)13-20(29)24(32)27-14-17-7-9-18(10-8-17)22-16(2)11-12-34-22;1-13(39)3-4-36-11-16(32-34-36)12-38-24(40)31-23(30-22-6-15-9-35(2)33-21(15)7-17(22)26)37(25(38)41)10-14-5-19(28)20(29)8-18(14)27;1-34-9-14-6-21(16(25)7-20(14)32-34)29-22-30-23(38)37(12-15-11-35(33-31-15)3-4-40-2)24(39)36(22)10-13-5-18(27)19(28)8-17(13)26;1-14-19(31-13-26-14)16-8-6-15(7-9-16)11-25-21(29)18-10-17(28)12-27(18)22(30)20(24-5)23(2,3)4/h7-12,19-20,23,30H,6,13-15H2,1-5H3,(H,27,32)(H,28,31);5-9,11H,3-4,10,12H2,1-2H3,(H,30,31,40);5-9,11H,3-4,10,12H2,1-2H3,(H,29,30,38);6-9,13,17-18,20,24,28H,10-12H2,1-5H3,(H,25,29)/t19-,20+,23-;;;17-,18+,20-/m1..1/s1. The summed E-state index contributed by atoms with van der Waals surface area (Å²) in [4.78, 5) is 146. The van der Waals surface area contributed by atoms with Crippen molar-refractivity contribution in [3.8, 4) is 20.9 Å². The second-order valence-corrected chi connectivity index (χ2v) is 39.8. The second-order valence-electron chi connectivity index (χ2n) is 37.2. The van der Waals surface area contributed by atoms with E-state index in [-0.39, 0.29) is 155 Å². The molecule has 0 spiro atoms. The maximum absolute atomic E-state index is 14.6.